The average molecular weight is 383 g/mol. The van der Waals surface area contributed by atoms with Gasteiger partial charge in [-0.3, -0.25) is 4.79 Å². The van der Waals surface area contributed by atoms with E-state index in [1.54, 1.807) is 38.1 Å². The van der Waals surface area contributed by atoms with Gasteiger partial charge in [-0.05, 0) is 37.6 Å². The highest BCUT2D eigenvalue weighted by atomic mass is 32.2. The number of hydrogen-bond donors (Lipinski definition) is 2. The molecule has 0 fully saturated rings. The van der Waals surface area contributed by atoms with Crippen LogP contribution >= 0.6 is 11.3 Å². The Morgan fingerprint density at radius 1 is 1.32 bits per heavy atom. The third-order valence-electron chi connectivity index (χ3n) is 3.28. The van der Waals surface area contributed by atoms with Gasteiger partial charge in [0.05, 0.1) is 0 Å². The SMILES string of the molecule is CCCNS(=O)(=O)c1ccc(/C=C/c2onc(C)c2NC(=O)CC)s1. The number of nitrogens with zero attached hydrogens (tertiary/aromatic N) is 1. The zero-order valence-electron chi connectivity index (χ0n) is 14.3. The van der Waals surface area contributed by atoms with E-state index in [0.29, 0.717) is 30.1 Å². The van der Waals surface area contributed by atoms with Crippen molar-refractivity contribution in [2.75, 3.05) is 11.9 Å². The monoisotopic (exact) mass is 383 g/mol. The third-order valence-corrected chi connectivity index (χ3v) is 6.29. The van der Waals surface area contributed by atoms with Gasteiger partial charge >= 0.3 is 0 Å². The van der Waals surface area contributed by atoms with Crippen LogP contribution in [0.2, 0.25) is 0 Å². The Balaban J connectivity index is 2.17. The Bertz CT molecular complexity index is 866. The van der Waals surface area contributed by atoms with Crippen molar-refractivity contribution in [3.05, 3.63) is 28.5 Å². The Kier molecular flexibility index (Phi) is 6.51. The molecule has 0 aliphatic rings. The molecule has 25 heavy (non-hydrogen) atoms. The number of amides is 1. The number of aromatic nitrogens is 1. The van der Waals surface area contributed by atoms with Crippen molar-refractivity contribution in [3.8, 4) is 0 Å². The van der Waals surface area contributed by atoms with Gasteiger partial charge in [0, 0.05) is 17.8 Å². The molecule has 7 nitrogen and oxygen atoms in total. The fourth-order valence-electron chi connectivity index (χ4n) is 1.91. The summed E-state index contributed by atoms with van der Waals surface area (Å²) in [7, 11) is -3.47. The van der Waals surface area contributed by atoms with Crippen LogP contribution in [0.3, 0.4) is 0 Å². The van der Waals surface area contributed by atoms with Gasteiger partial charge < -0.3 is 9.84 Å². The molecule has 2 aromatic rings. The van der Waals surface area contributed by atoms with Crippen molar-refractivity contribution in [1.82, 2.24) is 9.88 Å². The van der Waals surface area contributed by atoms with Crippen LogP contribution in [0, 0.1) is 6.92 Å². The second-order valence-electron chi connectivity index (χ2n) is 5.30. The molecule has 2 N–H and O–H groups in total. The van der Waals surface area contributed by atoms with Crippen LogP contribution in [0.15, 0.2) is 20.9 Å². The molecular formula is C16H21N3O4S2. The Hall–Kier alpha value is -1.97. The molecule has 2 heterocycles. The summed E-state index contributed by atoms with van der Waals surface area (Å²) in [6.07, 6.45) is 4.47. The fraction of sp³-hybridized carbons (Fsp3) is 0.375. The smallest absolute Gasteiger partial charge is 0.250 e. The van der Waals surface area contributed by atoms with Gasteiger partial charge in [-0.25, -0.2) is 13.1 Å². The van der Waals surface area contributed by atoms with E-state index in [0.717, 1.165) is 22.6 Å². The van der Waals surface area contributed by atoms with Crippen molar-refractivity contribution in [1.29, 1.82) is 0 Å². The molecule has 2 aromatic heterocycles. The van der Waals surface area contributed by atoms with Gasteiger partial charge in [0.2, 0.25) is 15.9 Å². The summed E-state index contributed by atoms with van der Waals surface area (Å²) in [5, 5.41) is 6.60. The van der Waals surface area contributed by atoms with E-state index in [1.165, 1.54) is 0 Å². The maximum Gasteiger partial charge on any atom is 0.250 e. The van der Waals surface area contributed by atoms with Crippen LogP contribution in [0.25, 0.3) is 12.2 Å². The molecule has 0 aliphatic carbocycles. The van der Waals surface area contributed by atoms with Crippen LogP contribution < -0.4 is 10.0 Å². The number of sulfonamides is 1. The molecule has 0 aromatic carbocycles. The van der Waals surface area contributed by atoms with Gasteiger partial charge in [0.25, 0.3) is 0 Å². The fourth-order valence-corrected chi connectivity index (χ4v) is 4.32. The van der Waals surface area contributed by atoms with Crippen LogP contribution in [0.4, 0.5) is 5.69 Å². The molecule has 0 aliphatic heterocycles. The predicted molar refractivity (Wildman–Crippen MR) is 98.9 cm³/mol. The maximum absolute atomic E-state index is 12.1. The van der Waals surface area contributed by atoms with E-state index in [4.69, 9.17) is 4.52 Å². The van der Waals surface area contributed by atoms with Gasteiger partial charge in [-0.1, -0.05) is 19.0 Å². The maximum atomic E-state index is 12.1. The molecule has 0 atom stereocenters. The van der Waals surface area contributed by atoms with E-state index in [1.807, 2.05) is 6.92 Å². The molecule has 0 spiro atoms. The summed E-state index contributed by atoms with van der Waals surface area (Å²) in [5.74, 6) is 0.286. The summed E-state index contributed by atoms with van der Waals surface area (Å²) in [6.45, 7) is 5.80. The van der Waals surface area contributed by atoms with Crippen molar-refractivity contribution in [3.63, 3.8) is 0 Å². The number of carbonyl (C=O) groups excluding carboxylic acids is 1. The Labute approximate surface area is 151 Å². The summed E-state index contributed by atoms with van der Waals surface area (Å²) >= 11 is 1.15. The lowest BCUT2D eigenvalue weighted by molar-refractivity contribution is -0.115. The Morgan fingerprint density at radius 3 is 2.76 bits per heavy atom. The summed E-state index contributed by atoms with van der Waals surface area (Å²) in [4.78, 5) is 12.3. The van der Waals surface area contributed by atoms with Gasteiger partial charge in [0.15, 0.2) is 5.76 Å². The minimum absolute atomic E-state index is 0.132. The number of aryl methyl sites for hydroxylation is 1. The normalized spacial score (nSPS) is 12.0. The second-order valence-corrected chi connectivity index (χ2v) is 8.41. The number of rotatable bonds is 8. The van der Waals surface area contributed by atoms with Crippen molar-refractivity contribution >= 4 is 45.1 Å². The largest absolute Gasteiger partial charge is 0.354 e. The van der Waals surface area contributed by atoms with Crippen LogP contribution in [0.5, 0.6) is 0 Å². The number of nitrogens with one attached hydrogen (secondary N) is 2. The lowest BCUT2D eigenvalue weighted by atomic mass is 10.2. The van der Waals surface area contributed by atoms with Crippen molar-refractivity contribution < 1.29 is 17.7 Å². The highest BCUT2D eigenvalue weighted by molar-refractivity contribution is 7.91. The molecule has 0 bridgehead atoms. The van der Waals surface area contributed by atoms with Gasteiger partial charge in [-0.2, -0.15) is 0 Å². The minimum Gasteiger partial charge on any atom is -0.354 e. The predicted octanol–water partition coefficient (Wildman–Crippen LogP) is 3.25. The highest BCUT2D eigenvalue weighted by Crippen LogP contribution is 2.26. The first-order valence-electron chi connectivity index (χ1n) is 7.91. The molecule has 0 saturated carbocycles. The number of anilines is 1. The first-order chi connectivity index (χ1) is 11.9. The van der Waals surface area contributed by atoms with Crippen molar-refractivity contribution in [2.45, 2.75) is 37.8 Å². The molecule has 0 unspecified atom stereocenters. The first-order valence-corrected chi connectivity index (χ1v) is 10.2. The molecular weight excluding hydrogens is 362 g/mol. The van der Waals surface area contributed by atoms with E-state index >= 15 is 0 Å². The third kappa shape index (κ3) is 5.00. The quantitative estimate of drug-likeness (QED) is 0.729. The number of carbonyl (C=O) groups is 1. The summed E-state index contributed by atoms with van der Waals surface area (Å²) < 4.78 is 32.2. The zero-order valence-corrected chi connectivity index (χ0v) is 16.0. The van der Waals surface area contributed by atoms with Crippen LogP contribution in [0.1, 0.15) is 43.0 Å². The average Bonchev–Trinajstić information content (AvgIpc) is 3.19. The highest BCUT2D eigenvalue weighted by Gasteiger charge is 2.16. The summed E-state index contributed by atoms with van der Waals surface area (Å²) in [6, 6.07) is 3.28. The van der Waals surface area contributed by atoms with Crippen molar-refractivity contribution in [2.24, 2.45) is 0 Å². The number of thiophene rings is 1. The van der Waals surface area contributed by atoms with Gasteiger partial charge in [0.1, 0.15) is 15.6 Å². The molecule has 136 valence electrons. The lowest BCUT2D eigenvalue weighted by Gasteiger charge is -2.01. The molecule has 0 radical (unpaired) electrons. The molecule has 0 saturated heterocycles. The summed E-state index contributed by atoms with van der Waals surface area (Å²) in [5.41, 5.74) is 1.11. The minimum atomic E-state index is -3.47. The molecule has 2 rings (SSSR count). The van der Waals surface area contributed by atoms with Gasteiger partial charge in [-0.15, -0.1) is 11.3 Å². The van der Waals surface area contributed by atoms with Crippen LogP contribution in [-0.4, -0.2) is 26.0 Å². The topological polar surface area (TPSA) is 101 Å². The molecule has 9 heteroatoms. The van der Waals surface area contributed by atoms with E-state index in [9.17, 15) is 13.2 Å². The van der Waals surface area contributed by atoms with E-state index < -0.39 is 10.0 Å². The lowest BCUT2D eigenvalue weighted by Crippen LogP contribution is -2.23. The van der Waals surface area contributed by atoms with E-state index in [2.05, 4.69) is 15.2 Å². The second kappa shape index (κ2) is 8.41. The van der Waals surface area contributed by atoms with E-state index in [-0.39, 0.29) is 10.1 Å². The first kappa shape index (κ1) is 19.4. The van der Waals surface area contributed by atoms with Crippen LogP contribution in [-0.2, 0) is 14.8 Å². The standard InChI is InChI=1S/C16H21N3O4S2/c1-4-10-17-25(21,22)15-9-7-12(24-15)6-8-13-16(11(3)19-23-13)18-14(20)5-2/h6-9,17H,4-5,10H2,1-3H3,(H,18,20)/b8-6+. The molecule has 1 amide bonds. The zero-order chi connectivity index (χ0) is 18.4. The Morgan fingerprint density at radius 2 is 2.08 bits per heavy atom. The number of hydrogen-bond acceptors (Lipinski definition) is 6.